The third-order valence-corrected chi connectivity index (χ3v) is 11.8. The molecule has 0 bridgehead atoms. The van der Waals surface area contributed by atoms with E-state index in [1.165, 1.54) is 53.9 Å². The van der Waals surface area contributed by atoms with Crippen LogP contribution in [-0.4, -0.2) is 23.4 Å². The molecule has 236 valence electrons. The van der Waals surface area contributed by atoms with Gasteiger partial charge in [-0.05, 0) is 59.5 Å². The van der Waals surface area contributed by atoms with Crippen LogP contribution in [0.4, 0.5) is 34.1 Å². The number of nitrogens with zero attached hydrogens (tertiary/aromatic N) is 4. The third-order valence-electron chi connectivity index (χ3n) is 10.7. The molecule has 0 spiro atoms. The normalized spacial score (nSPS) is 13.6. The third kappa shape index (κ3) is 4.19. The molecule has 1 aromatic heterocycles. The summed E-state index contributed by atoms with van der Waals surface area (Å²) >= 11 is 1.88. The number of anilines is 6. The summed E-state index contributed by atoms with van der Waals surface area (Å²) in [5.74, 6) is 0. The van der Waals surface area contributed by atoms with Crippen molar-refractivity contribution >= 4 is 103 Å². The van der Waals surface area contributed by atoms with E-state index in [1.807, 2.05) is 11.8 Å². The zero-order valence-electron chi connectivity index (χ0n) is 27.5. The second-order valence-corrected chi connectivity index (χ2v) is 14.4. The second-order valence-electron chi connectivity index (χ2n) is 13.3. The summed E-state index contributed by atoms with van der Waals surface area (Å²) in [4.78, 5) is 17.1. The number of benzene rings is 7. The van der Waals surface area contributed by atoms with Gasteiger partial charge in [-0.1, -0.05) is 143 Å². The number of hydrogen-bond acceptors (Lipinski definition) is 5. The molecule has 0 fully saturated rings. The topological polar surface area (TPSA) is 32.3 Å². The molecule has 0 unspecified atom stereocenters. The Hall–Kier alpha value is -6.04. The van der Waals surface area contributed by atoms with Crippen molar-refractivity contribution in [2.24, 2.45) is 0 Å². The molecule has 0 saturated heterocycles. The minimum atomic E-state index is 0.0527. The highest BCUT2D eigenvalue weighted by molar-refractivity contribution is 8.00. The van der Waals surface area contributed by atoms with Gasteiger partial charge in [-0.15, -0.1) is 0 Å². The zero-order valence-corrected chi connectivity index (χ0v) is 28.3. The molecule has 11 rings (SSSR count). The van der Waals surface area contributed by atoms with Gasteiger partial charge in [-0.2, -0.15) is 0 Å². The van der Waals surface area contributed by atoms with Crippen molar-refractivity contribution in [3.8, 4) is 0 Å². The van der Waals surface area contributed by atoms with E-state index in [0.29, 0.717) is 0 Å². The Bertz CT molecular complexity index is 2650. The summed E-state index contributed by atoms with van der Waals surface area (Å²) in [6, 6.07) is 57.7. The minimum Gasteiger partial charge on any atom is -0.310 e. The molecule has 0 amide bonds. The average Bonchev–Trinajstić information content (AvgIpc) is 3.20. The fourth-order valence-corrected chi connectivity index (χ4v) is 9.86. The number of fused-ring (bicyclic) bond motifs is 8. The maximum Gasteiger partial charge on any atom is 0.245 e. The van der Waals surface area contributed by atoms with Crippen molar-refractivity contribution in [3.63, 3.8) is 0 Å². The monoisotopic (exact) mass is 666 g/mol. The lowest BCUT2D eigenvalue weighted by atomic mass is 9.20. The Kier molecular flexibility index (Phi) is 6.34. The highest BCUT2D eigenvalue weighted by Gasteiger charge is 2.47. The van der Waals surface area contributed by atoms with Gasteiger partial charge in [0.05, 0.1) is 33.2 Å². The van der Waals surface area contributed by atoms with Gasteiger partial charge >= 0.3 is 0 Å². The molecule has 4 nitrogen and oxygen atoms in total. The smallest absolute Gasteiger partial charge is 0.245 e. The first kappa shape index (κ1) is 28.8. The summed E-state index contributed by atoms with van der Waals surface area (Å²) in [7, 11) is 0. The summed E-state index contributed by atoms with van der Waals surface area (Å²) in [6.07, 6.45) is 3.58. The van der Waals surface area contributed by atoms with Gasteiger partial charge in [0.25, 0.3) is 0 Å². The molecule has 0 aliphatic carbocycles. The van der Waals surface area contributed by atoms with Crippen LogP contribution in [0.15, 0.2) is 180 Å². The maximum atomic E-state index is 4.92. The Balaban J connectivity index is 1.32. The van der Waals surface area contributed by atoms with Crippen molar-refractivity contribution in [3.05, 3.63) is 170 Å². The lowest BCUT2D eigenvalue weighted by molar-refractivity contribution is 1.15. The van der Waals surface area contributed by atoms with E-state index in [1.54, 1.807) is 12.4 Å². The molecule has 51 heavy (non-hydrogen) atoms. The van der Waals surface area contributed by atoms with Crippen molar-refractivity contribution in [2.45, 2.75) is 9.79 Å². The van der Waals surface area contributed by atoms with Crippen LogP contribution in [0.1, 0.15) is 0 Å². The fourth-order valence-electron chi connectivity index (χ4n) is 8.68. The first-order valence-corrected chi connectivity index (χ1v) is 18.2. The highest BCUT2D eigenvalue weighted by atomic mass is 32.2. The quantitative estimate of drug-likeness (QED) is 0.196. The fraction of sp³-hybridized carbons (Fsp3) is 0. The molecule has 7 aromatic carbocycles. The molecule has 3 aliphatic heterocycles. The number of rotatable bonds is 3. The lowest BCUT2D eigenvalue weighted by Crippen LogP contribution is -2.76. The maximum absolute atomic E-state index is 4.92. The number of para-hydroxylation sites is 4. The molecular weight excluding hydrogens is 638 g/mol. The van der Waals surface area contributed by atoms with Crippen LogP contribution in [-0.2, 0) is 0 Å². The summed E-state index contributed by atoms with van der Waals surface area (Å²) in [6.45, 7) is 0.138. The zero-order chi connectivity index (χ0) is 33.5. The van der Waals surface area contributed by atoms with Gasteiger partial charge in [0.15, 0.2) is 0 Å². The van der Waals surface area contributed by atoms with Gasteiger partial charge in [0, 0.05) is 28.7 Å². The van der Waals surface area contributed by atoms with Crippen LogP contribution < -0.4 is 42.6 Å². The largest absolute Gasteiger partial charge is 0.310 e. The van der Waals surface area contributed by atoms with E-state index >= 15 is 0 Å². The van der Waals surface area contributed by atoms with Crippen LogP contribution in [0.2, 0.25) is 0 Å². The molecule has 0 N–H and O–H groups in total. The van der Waals surface area contributed by atoms with Crippen molar-refractivity contribution in [2.75, 3.05) is 9.80 Å². The molecule has 8 aromatic rings. The van der Waals surface area contributed by atoms with Crippen LogP contribution in [0.5, 0.6) is 0 Å². The predicted octanol–water partition coefficient (Wildman–Crippen LogP) is 6.69. The van der Waals surface area contributed by atoms with Crippen LogP contribution in [0.25, 0.3) is 11.0 Å². The van der Waals surface area contributed by atoms with E-state index in [-0.39, 0.29) is 13.4 Å². The number of aromatic nitrogens is 2. The minimum absolute atomic E-state index is 0.0527. The molecular formula is C44H28B2N4S. The predicted molar refractivity (Wildman–Crippen MR) is 215 cm³/mol. The van der Waals surface area contributed by atoms with Gasteiger partial charge in [0.2, 0.25) is 13.4 Å². The first-order valence-electron chi connectivity index (χ1n) is 17.4. The summed E-state index contributed by atoms with van der Waals surface area (Å²) in [5.41, 5.74) is 16.8. The van der Waals surface area contributed by atoms with E-state index in [0.717, 1.165) is 33.8 Å². The number of hydrogen-bond donors (Lipinski definition) is 0. The average molecular weight is 666 g/mol. The van der Waals surface area contributed by atoms with Crippen LogP contribution >= 0.6 is 11.8 Å². The van der Waals surface area contributed by atoms with Crippen molar-refractivity contribution in [1.29, 1.82) is 0 Å². The standard InChI is InChI=1S/C44H28B2N4S/c1-3-14-29(15-4-1)45-31-18-7-8-19-32(31)46-33-20-9-10-22-36(33)49(30-16-5-2-6-17-30)43-41(46)34(45)28-39-44(43)51-40-25-12-11-23-37(40)50(39)38-24-13-21-35-42(38)48-27-26-47-35/h1-28H. The lowest BCUT2D eigenvalue weighted by Gasteiger charge is -2.45. The molecule has 0 saturated carbocycles. The van der Waals surface area contributed by atoms with Crippen LogP contribution in [0.3, 0.4) is 0 Å². The van der Waals surface area contributed by atoms with E-state index in [2.05, 4.69) is 168 Å². The van der Waals surface area contributed by atoms with E-state index in [9.17, 15) is 0 Å². The Labute approximate surface area is 301 Å². The van der Waals surface area contributed by atoms with E-state index in [4.69, 9.17) is 9.97 Å². The van der Waals surface area contributed by atoms with Gasteiger partial charge in [-0.25, -0.2) is 0 Å². The molecule has 7 heteroatoms. The first-order chi connectivity index (χ1) is 25.3. The Morgan fingerprint density at radius 1 is 0.471 bits per heavy atom. The summed E-state index contributed by atoms with van der Waals surface area (Å²) in [5, 5.41) is 0. The van der Waals surface area contributed by atoms with Crippen molar-refractivity contribution < 1.29 is 0 Å². The van der Waals surface area contributed by atoms with Gasteiger partial charge in [-0.3, -0.25) is 9.97 Å². The van der Waals surface area contributed by atoms with E-state index < -0.39 is 0 Å². The summed E-state index contributed by atoms with van der Waals surface area (Å²) < 4.78 is 0. The second kappa shape index (κ2) is 11.2. The Morgan fingerprint density at radius 3 is 1.94 bits per heavy atom. The molecule has 3 aliphatic rings. The SMILES string of the molecule is c1ccc(B2c3ccccc3B3c4ccccc4N(c4ccccc4)c4c5c(cc2c43)N(c2cccc3nccnc23)c2ccccc2S5)cc1. The molecule has 0 radical (unpaired) electrons. The highest BCUT2D eigenvalue weighted by Crippen LogP contribution is 2.56. The van der Waals surface area contributed by atoms with Crippen molar-refractivity contribution in [1.82, 2.24) is 9.97 Å². The van der Waals surface area contributed by atoms with Gasteiger partial charge in [0.1, 0.15) is 5.52 Å². The molecule has 4 heterocycles. The van der Waals surface area contributed by atoms with Gasteiger partial charge < -0.3 is 9.80 Å². The Morgan fingerprint density at radius 2 is 1.12 bits per heavy atom. The van der Waals surface area contributed by atoms with Crippen LogP contribution in [0, 0.1) is 0 Å². The molecule has 0 atom stereocenters.